The third kappa shape index (κ3) is 2.30. The maximum absolute atomic E-state index is 12.3. The van der Waals surface area contributed by atoms with Crippen LogP contribution in [0.2, 0.25) is 5.02 Å². The molecule has 0 saturated carbocycles. The SMILES string of the molecule is Cc1ccc(C#N)c(Cn2c3cc(Cl)ccc3c(=O)n2C)c1. The van der Waals surface area contributed by atoms with E-state index in [2.05, 4.69) is 6.07 Å². The summed E-state index contributed by atoms with van der Waals surface area (Å²) in [6.07, 6.45) is 0. The van der Waals surface area contributed by atoms with Gasteiger partial charge in [0.2, 0.25) is 0 Å². The van der Waals surface area contributed by atoms with Crippen LogP contribution in [0.5, 0.6) is 0 Å². The monoisotopic (exact) mass is 311 g/mol. The fourth-order valence-electron chi connectivity index (χ4n) is 2.66. The highest BCUT2D eigenvalue weighted by Crippen LogP contribution is 2.20. The minimum Gasteiger partial charge on any atom is -0.278 e. The third-order valence-corrected chi connectivity index (χ3v) is 4.06. The molecule has 0 aliphatic rings. The number of nitrogens with zero attached hydrogens (tertiary/aromatic N) is 3. The molecule has 110 valence electrons. The van der Waals surface area contributed by atoms with Crippen molar-refractivity contribution in [3.05, 3.63) is 68.5 Å². The molecule has 1 heterocycles. The highest BCUT2D eigenvalue weighted by molar-refractivity contribution is 6.31. The normalized spacial score (nSPS) is 10.8. The molecule has 0 radical (unpaired) electrons. The van der Waals surface area contributed by atoms with Crippen molar-refractivity contribution in [1.82, 2.24) is 9.36 Å². The Balaban J connectivity index is 2.22. The van der Waals surface area contributed by atoms with E-state index in [1.807, 2.05) is 23.7 Å². The Hall–Kier alpha value is -2.51. The molecule has 5 heteroatoms. The van der Waals surface area contributed by atoms with Gasteiger partial charge in [0.25, 0.3) is 5.56 Å². The number of fused-ring (bicyclic) bond motifs is 1. The Morgan fingerprint density at radius 2 is 2.00 bits per heavy atom. The van der Waals surface area contributed by atoms with Gasteiger partial charge in [-0.3, -0.25) is 14.2 Å². The molecule has 0 N–H and O–H groups in total. The number of nitriles is 1. The van der Waals surface area contributed by atoms with E-state index in [4.69, 9.17) is 11.6 Å². The van der Waals surface area contributed by atoms with Gasteiger partial charge in [0.15, 0.2) is 0 Å². The van der Waals surface area contributed by atoms with Gasteiger partial charge in [0.1, 0.15) is 0 Å². The quantitative estimate of drug-likeness (QED) is 0.729. The van der Waals surface area contributed by atoms with Gasteiger partial charge in [0, 0.05) is 12.1 Å². The first kappa shape index (κ1) is 14.4. The van der Waals surface area contributed by atoms with Crippen LogP contribution in [0.4, 0.5) is 0 Å². The summed E-state index contributed by atoms with van der Waals surface area (Å²) in [5, 5.41) is 10.5. The zero-order valence-electron chi connectivity index (χ0n) is 12.3. The van der Waals surface area contributed by atoms with Crippen LogP contribution in [0, 0.1) is 18.3 Å². The Morgan fingerprint density at radius 1 is 1.23 bits per heavy atom. The second-order valence-corrected chi connectivity index (χ2v) is 5.76. The molecule has 2 aromatic carbocycles. The van der Waals surface area contributed by atoms with Crippen molar-refractivity contribution in [2.75, 3.05) is 0 Å². The molecule has 3 aromatic rings. The largest absolute Gasteiger partial charge is 0.278 e. The summed E-state index contributed by atoms with van der Waals surface area (Å²) in [4.78, 5) is 12.3. The highest BCUT2D eigenvalue weighted by atomic mass is 35.5. The van der Waals surface area contributed by atoms with E-state index in [1.165, 1.54) is 0 Å². The van der Waals surface area contributed by atoms with Gasteiger partial charge in [0.05, 0.1) is 29.1 Å². The van der Waals surface area contributed by atoms with E-state index in [0.29, 0.717) is 22.5 Å². The molecule has 0 fully saturated rings. The van der Waals surface area contributed by atoms with Crippen LogP contribution in [-0.4, -0.2) is 9.36 Å². The molecule has 0 amide bonds. The van der Waals surface area contributed by atoms with Crippen LogP contribution in [0.15, 0.2) is 41.2 Å². The summed E-state index contributed by atoms with van der Waals surface area (Å²) >= 11 is 6.06. The van der Waals surface area contributed by atoms with Crippen molar-refractivity contribution < 1.29 is 0 Å². The molecule has 3 rings (SSSR count). The fraction of sp³-hybridized carbons (Fsp3) is 0.176. The molecule has 0 aliphatic carbocycles. The number of rotatable bonds is 2. The molecule has 0 saturated heterocycles. The minimum absolute atomic E-state index is 0.0715. The molecule has 0 bridgehead atoms. The van der Waals surface area contributed by atoms with Gasteiger partial charge >= 0.3 is 0 Å². The van der Waals surface area contributed by atoms with E-state index in [0.717, 1.165) is 16.6 Å². The predicted molar refractivity (Wildman–Crippen MR) is 87.2 cm³/mol. The predicted octanol–water partition coefficient (Wildman–Crippen LogP) is 3.22. The lowest BCUT2D eigenvalue weighted by atomic mass is 10.1. The molecular weight excluding hydrogens is 298 g/mol. The number of hydrogen-bond acceptors (Lipinski definition) is 2. The lowest BCUT2D eigenvalue weighted by Gasteiger charge is -2.11. The molecule has 4 nitrogen and oxygen atoms in total. The molecule has 0 atom stereocenters. The number of halogens is 1. The average Bonchev–Trinajstić information content (AvgIpc) is 2.72. The molecule has 22 heavy (non-hydrogen) atoms. The van der Waals surface area contributed by atoms with Gasteiger partial charge in [-0.25, -0.2) is 0 Å². The number of benzene rings is 2. The second kappa shape index (κ2) is 5.36. The van der Waals surface area contributed by atoms with E-state index >= 15 is 0 Å². The summed E-state index contributed by atoms with van der Waals surface area (Å²) in [6, 6.07) is 13.1. The minimum atomic E-state index is -0.0715. The molecule has 0 spiro atoms. The van der Waals surface area contributed by atoms with Crippen LogP contribution in [0.3, 0.4) is 0 Å². The number of hydrogen-bond donors (Lipinski definition) is 0. The lowest BCUT2D eigenvalue weighted by molar-refractivity contribution is 0.553. The Morgan fingerprint density at radius 3 is 2.73 bits per heavy atom. The first-order chi connectivity index (χ1) is 10.5. The molecule has 0 unspecified atom stereocenters. The lowest BCUT2D eigenvalue weighted by Crippen LogP contribution is -2.20. The molecular formula is C17H14ClN3O. The summed E-state index contributed by atoms with van der Waals surface area (Å²) < 4.78 is 3.41. The summed E-state index contributed by atoms with van der Waals surface area (Å²) in [5.74, 6) is 0. The Labute approximate surface area is 132 Å². The second-order valence-electron chi connectivity index (χ2n) is 5.32. The maximum Gasteiger partial charge on any atom is 0.274 e. The summed E-state index contributed by atoms with van der Waals surface area (Å²) in [5.41, 5.74) is 3.27. The van der Waals surface area contributed by atoms with Gasteiger partial charge in [-0.05, 0) is 36.8 Å². The highest BCUT2D eigenvalue weighted by Gasteiger charge is 2.13. The first-order valence-corrected chi connectivity index (χ1v) is 7.23. The van der Waals surface area contributed by atoms with E-state index in [1.54, 1.807) is 36.0 Å². The van der Waals surface area contributed by atoms with Gasteiger partial charge in [-0.15, -0.1) is 0 Å². The van der Waals surface area contributed by atoms with Gasteiger partial charge in [-0.2, -0.15) is 5.26 Å². The zero-order chi connectivity index (χ0) is 15.9. The van der Waals surface area contributed by atoms with Crippen LogP contribution in [-0.2, 0) is 13.6 Å². The molecule has 0 aliphatic heterocycles. The van der Waals surface area contributed by atoms with E-state index < -0.39 is 0 Å². The summed E-state index contributed by atoms with van der Waals surface area (Å²) in [7, 11) is 1.72. The van der Waals surface area contributed by atoms with Crippen LogP contribution < -0.4 is 5.56 Å². The topological polar surface area (TPSA) is 50.7 Å². The zero-order valence-corrected chi connectivity index (χ0v) is 13.1. The van der Waals surface area contributed by atoms with Crippen LogP contribution >= 0.6 is 11.6 Å². The summed E-state index contributed by atoms with van der Waals surface area (Å²) in [6.45, 7) is 2.43. The molecule has 1 aromatic heterocycles. The van der Waals surface area contributed by atoms with Crippen molar-refractivity contribution >= 4 is 22.5 Å². The van der Waals surface area contributed by atoms with Crippen molar-refractivity contribution in [1.29, 1.82) is 5.26 Å². The number of aromatic nitrogens is 2. The van der Waals surface area contributed by atoms with Gasteiger partial charge in [-0.1, -0.05) is 29.3 Å². The average molecular weight is 312 g/mol. The first-order valence-electron chi connectivity index (χ1n) is 6.86. The Bertz CT molecular complexity index is 976. The Kier molecular flexibility index (Phi) is 3.51. The van der Waals surface area contributed by atoms with E-state index in [9.17, 15) is 10.1 Å². The van der Waals surface area contributed by atoms with E-state index in [-0.39, 0.29) is 5.56 Å². The van der Waals surface area contributed by atoms with Crippen LogP contribution in [0.1, 0.15) is 16.7 Å². The maximum atomic E-state index is 12.3. The standard InChI is InChI=1S/C17H14ClN3O/c1-11-3-4-12(9-19)13(7-11)10-21-16-8-14(18)5-6-15(16)17(22)20(21)2/h3-8H,10H2,1-2H3. The van der Waals surface area contributed by atoms with Crippen molar-refractivity contribution in [3.63, 3.8) is 0 Å². The smallest absolute Gasteiger partial charge is 0.274 e. The van der Waals surface area contributed by atoms with Crippen molar-refractivity contribution in [3.8, 4) is 6.07 Å². The fourth-order valence-corrected chi connectivity index (χ4v) is 2.83. The van der Waals surface area contributed by atoms with Crippen molar-refractivity contribution in [2.24, 2.45) is 7.05 Å². The van der Waals surface area contributed by atoms with Crippen molar-refractivity contribution in [2.45, 2.75) is 13.5 Å². The third-order valence-electron chi connectivity index (χ3n) is 3.83. The van der Waals surface area contributed by atoms with Crippen LogP contribution in [0.25, 0.3) is 10.9 Å². The number of aryl methyl sites for hydroxylation is 1. The van der Waals surface area contributed by atoms with Gasteiger partial charge < -0.3 is 0 Å².